The molecule has 0 radical (unpaired) electrons. The number of fused-ring (bicyclic) bond motifs is 1. The Bertz CT molecular complexity index is 444. The first-order valence-corrected chi connectivity index (χ1v) is 3.96. The van der Waals surface area contributed by atoms with E-state index in [1.165, 1.54) is 9.11 Å². The van der Waals surface area contributed by atoms with Gasteiger partial charge in [0, 0.05) is 6.20 Å². The predicted octanol–water partition coefficient (Wildman–Crippen LogP) is 0.923. The number of nitrogens with zero attached hydrogens (tertiary/aromatic N) is 2. The van der Waals surface area contributed by atoms with Crippen LogP contribution in [0, 0.1) is 0 Å². The molecule has 2 aromatic rings. The van der Waals surface area contributed by atoms with Crippen molar-refractivity contribution in [2.24, 2.45) is 0 Å². The molecule has 0 saturated heterocycles. The molecule has 0 fully saturated rings. The molecule has 0 amide bonds. The number of aromatic amines is 1. The summed E-state index contributed by atoms with van der Waals surface area (Å²) >= 11 is 1.90. The number of H-pyrrole nitrogens is 1. The van der Waals surface area contributed by atoms with Crippen LogP contribution in [0.5, 0.6) is 0 Å². The molecule has 0 aromatic carbocycles. The number of halogens is 1. The zero-order valence-electron chi connectivity index (χ0n) is 5.41. The van der Waals surface area contributed by atoms with Gasteiger partial charge in [0.25, 0.3) is 5.56 Å². The number of nitrogens with one attached hydrogen (secondary N) is 1. The van der Waals surface area contributed by atoms with E-state index in [0.29, 0.717) is 11.0 Å². The highest BCUT2D eigenvalue weighted by molar-refractivity contribution is 14.1. The van der Waals surface area contributed by atoms with E-state index in [2.05, 4.69) is 9.97 Å². The largest absolute Gasteiger partial charge is 0.346 e. The maximum atomic E-state index is 11.3. The Kier molecular flexibility index (Phi) is 1.45. The lowest BCUT2D eigenvalue weighted by atomic mass is 10.4. The zero-order valence-corrected chi connectivity index (χ0v) is 7.57. The van der Waals surface area contributed by atoms with Gasteiger partial charge in [-0.25, -0.2) is 7.76 Å². The Morgan fingerprint density at radius 2 is 2.45 bits per heavy atom. The maximum Gasteiger partial charge on any atom is 0.271 e. The van der Waals surface area contributed by atoms with E-state index in [1.54, 1.807) is 12.3 Å². The Morgan fingerprint density at radius 3 is 3.27 bits per heavy atom. The minimum atomic E-state index is -0.0307. The van der Waals surface area contributed by atoms with Gasteiger partial charge in [-0.15, -0.1) is 0 Å². The molecule has 56 valence electrons. The molecular formula is C6H4IN3O. The smallest absolute Gasteiger partial charge is 0.271 e. The monoisotopic (exact) mass is 261 g/mol. The lowest BCUT2D eigenvalue weighted by Gasteiger charge is -1.91. The van der Waals surface area contributed by atoms with Crippen molar-refractivity contribution in [1.29, 1.82) is 0 Å². The van der Waals surface area contributed by atoms with Crippen LogP contribution in [0.1, 0.15) is 0 Å². The third-order valence-corrected chi connectivity index (χ3v) is 2.13. The summed E-state index contributed by atoms with van der Waals surface area (Å²) in [7, 11) is 0. The Balaban J connectivity index is 3.05. The fraction of sp³-hybridized carbons (Fsp3) is 0. The van der Waals surface area contributed by atoms with Crippen LogP contribution in [-0.2, 0) is 0 Å². The van der Waals surface area contributed by atoms with Gasteiger partial charge in [0.05, 0.1) is 28.3 Å². The van der Waals surface area contributed by atoms with Crippen LogP contribution in [-0.4, -0.2) is 12.7 Å². The van der Waals surface area contributed by atoms with Gasteiger partial charge in [-0.1, -0.05) is 0 Å². The van der Waals surface area contributed by atoms with Crippen molar-refractivity contribution in [3.8, 4) is 0 Å². The molecular weight excluding hydrogens is 257 g/mol. The summed E-state index contributed by atoms with van der Waals surface area (Å²) < 4.78 is 1.42. The summed E-state index contributed by atoms with van der Waals surface area (Å²) in [6, 6.07) is 1.72. The third kappa shape index (κ3) is 0.953. The van der Waals surface area contributed by atoms with Gasteiger partial charge in [0.15, 0.2) is 0 Å². The summed E-state index contributed by atoms with van der Waals surface area (Å²) in [5.74, 6) is 0. The molecule has 0 unspecified atom stereocenters. The van der Waals surface area contributed by atoms with E-state index in [4.69, 9.17) is 0 Å². The first kappa shape index (κ1) is 6.84. The molecule has 4 nitrogen and oxygen atoms in total. The van der Waals surface area contributed by atoms with Crippen LogP contribution in [0.4, 0.5) is 0 Å². The van der Waals surface area contributed by atoms with Crippen LogP contribution in [0.2, 0.25) is 0 Å². The normalized spacial score (nSPS) is 10.6. The van der Waals surface area contributed by atoms with Crippen LogP contribution < -0.4 is 5.56 Å². The van der Waals surface area contributed by atoms with Crippen molar-refractivity contribution in [3.63, 3.8) is 0 Å². The van der Waals surface area contributed by atoms with Crippen LogP contribution in [0.15, 0.2) is 23.4 Å². The van der Waals surface area contributed by atoms with E-state index < -0.39 is 0 Å². The minimum absolute atomic E-state index is 0.0307. The summed E-state index contributed by atoms with van der Waals surface area (Å²) in [5, 5.41) is 0.627. The molecule has 0 bridgehead atoms. The van der Waals surface area contributed by atoms with E-state index in [9.17, 15) is 4.79 Å². The second-order valence-electron chi connectivity index (χ2n) is 2.10. The molecule has 0 spiro atoms. The molecule has 1 N–H and O–H groups in total. The number of aromatic nitrogens is 3. The first-order valence-electron chi connectivity index (χ1n) is 3.00. The van der Waals surface area contributed by atoms with Crippen LogP contribution in [0.3, 0.4) is 0 Å². The number of rotatable bonds is 0. The number of hydrogen-bond acceptors (Lipinski definition) is 2. The average Bonchev–Trinajstić information content (AvgIpc) is 2.45. The van der Waals surface area contributed by atoms with Crippen molar-refractivity contribution < 1.29 is 0 Å². The SMILES string of the molecule is O=c1c2cc[nH]c2ncn1I. The first-order chi connectivity index (χ1) is 5.29. The van der Waals surface area contributed by atoms with Gasteiger partial charge in [-0.05, 0) is 6.07 Å². The standard InChI is InChI=1S/C6H4IN3O/c7-10-3-9-5-4(6(10)11)1-2-8-5/h1-3,8H. The summed E-state index contributed by atoms with van der Waals surface area (Å²) in [6.45, 7) is 0. The molecule has 0 saturated carbocycles. The Labute approximate surface area is 75.8 Å². The Hall–Kier alpha value is -0.850. The van der Waals surface area contributed by atoms with E-state index in [-0.39, 0.29) is 5.56 Å². The molecule has 5 heteroatoms. The highest BCUT2D eigenvalue weighted by Gasteiger charge is 2.00. The van der Waals surface area contributed by atoms with Crippen LogP contribution >= 0.6 is 22.9 Å². The van der Waals surface area contributed by atoms with E-state index in [1.807, 2.05) is 22.9 Å². The number of hydrogen-bond donors (Lipinski definition) is 1. The van der Waals surface area contributed by atoms with Gasteiger partial charge in [0.1, 0.15) is 12.0 Å². The lowest BCUT2D eigenvalue weighted by Crippen LogP contribution is -2.11. The van der Waals surface area contributed by atoms with Crippen molar-refractivity contribution >= 4 is 33.9 Å². The molecule has 11 heavy (non-hydrogen) atoms. The van der Waals surface area contributed by atoms with Gasteiger partial charge in [0.2, 0.25) is 0 Å². The van der Waals surface area contributed by atoms with E-state index >= 15 is 0 Å². The fourth-order valence-corrected chi connectivity index (χ4v) is 1.30. The highest BCUT2D eigenvalue weighted by atomic mass is 127. The molecule has 2 heterocycles. The summed E-state index contributed by atoms with van der Waals surface area (Å²) in [4.78, 5) is 18.1. The van der Waals surface area contributed by atoms with Gasteiger partial charge in [-0.3, -0.25) is 4.79 Å². The molecule has 0 aliphatic rings. The molecule has 0 atom stereocenters. The molecule has 2 aromatic heterocycles. The quantitative estimate of drug-likeness (QED) is 0.717. The van der Waals surface area contributed by atoms with Crippen molar-refractivity contribution in [3.05, 3.63) is 28.9 Å². The predicted molar refractivity (Wildman–Crippen MR) is 49.8 cm³/mol. The topological polar surface area (TPSA) is 50.7 Å². The fourth-order valence-electron chi connectivity index (χ4n) is 0.916. The Morgan fingerprint density at radius 1 is 1.64 bits per heavy atom. The summed E-state index contributed by atoms with van der Waals surface area (Å²) in [5.41, 5.74) is 0.611. The van der Waals surface area contributed by atoms with Crippen molar-refractivity contribution in [2.45, 2.75) is 0 Å². The average molecular weight is 261 g/mol. The molecule has 0 aliphatic carbocycles. The van der Waals surface area contributed by atoms with Gasteiger partial charge in [-0.2, -0.15) is 0 Å². The van der Waals surface area contributed by atoms with Crippen LogP contribution in [0.25, 0.3) is 11.0 Å². The van der Waals surface area contributed by atoms with E-state index in [0.717, 1.165) is 0 Å². The molecule has 0 aliphatic heterocycles. The zero-order chi connectivity index (χ0) is 7.84. The van der Waals surface area contributed by atoms with Gasteiger partial charge < -0.3 is 4.98 Å². The summed E-state index contributed by atoms with van der Waals surface area (Å²) in [6.07, 6.45) is 3.19. The van der Waals surface area contributed by atoms with Crippen molar-refractivity contribution in [1.82, 2.24) is 12.7 Å². The second-order valence-corrected chi connectivity index (χ2v) is 3.14. The third-order valence-electron chi connectivity index (χ3n) is 1.44. The maximum absolute atomic E-state index is 11.3. The van der Waals surface area contributed by atoms with Crippen molar-refractivity contribution in [2.75, 3.05) is 0 Å². The highest BCUT2D eigenvalue weighted by Crippen LogP contribution is 2.02. The lowest BCUT2D eigenvalue weighted by molar-refractivity contribution is 1.13. The second kappa shape index (κ2) is 2.33. The van der Waals surface area contributed by atoms with Gasteiger partial charge >= 0.3 is 0 Å². The molecule has 2 rings (SSSR count). The minimum Gasteiger partial charge on any atom is -0.346 e.